The van der Waals surface area contributed by atoms with E-state index in [2.05, 4.69) is 13.8 Å². The Balaban J connectivity index is 3.68. The summed E-state index contributed by atoms with van der Waals surface area (Å²) < 4.78 is 0. The summed E-state index contributed by atoms with van der Waals surface area (Å²) in [7, 11) is 3.89. The zero-order valence-corrected chi connectivity index (χ0v) is 6.72. The lowest BCUT2D eigenvalue weighted by molar-refractivity contribution is 0.0856. The normalized spacial score (nSPS) is 15.0. The Bertz CT molecular complexity index is 63.3. The molecule has 0 aromatic rings. The lowest BCUT2D eigenvalue weighted by Crippen LogP contribution is -2.35. The van der Waals surface area contributed by atoms with Crippen LogP contribution in [0.3, 0.4) is 0 Å². The van der Waals surface area contributed by atoms with Gasteiger partial charge in [-0.2, -0.15) is 0 Å². The molecular formula is C7H16NO. The van der Waals surface area contributed by atoms with Gasteiger partial charge in [-0.15, -0.1) is 0 Å². The molecule has 0 N–H and O–H groups in total. The first kappa shape index (κ1) is 8.92. The Morgan fingerprint density at radius 3 is 1.78 bits per heavy atom. The smallest absolute Gasteiger partial charge is 0.0979 e. The Morgan fingerprint density at radius 2 is 1.78 bits per heavy atom. The molecule has 2 heteroatoms. The number of rotatable bonds is 3. The fourth-order valence-corrected chi connectivity index (χ4v) is 0.938. The number of nitrogens with zero attached hydrogens (tertiary/aromatic N) is 1. The van der Waals surface area contributed by atoms with Crippen molar-refractivity contribution in [1.29, 1.82) is 0 Å². The van der Waals surface area contributed by atoms with Crippen molar-refractivity contribution < 1.29 is 5.11 Å². The van der Waals surface area contributed by atoms with Gasteiger partial charge in [0.05, 0.1) is 6.61 Å². The fourth-order valence-electron chi connectivity index (χ4n) is 0.938. The van der Waals surface area contributed by atoms with Crippen molar-refractivity contribution >= 4 is 0 Å². The zero-order valence-electron chi connectivity index (χ0n) is 6.72. The first-order valence-electron chi connectivity index (χ1n) is 3.34. The Morgan fingerprint density at radius 1 is 1.33 bits per heavy atom. The van der Waals surface area contributed by atoms with Gasteiger partial charge in [-0.1, -0.05) is 13.8 Å². The summed E-state index contributed by atoms with van der Waals surface area (Å²) in [6, 6.07) is 0.199. The van der Waals surface area contributed by atoms with Crippen LogP contribution in [-0.4, -0.2) is 31.6 Å². The molecule has 1 atom stereocenters. The van der Waals surface area contributed by atoms with E-state index >= 15 is 0 Å². The molecule has 1 radical (unpaired) electrons. The summed E-state index contributed by atoms with van der Waals surface area (Å²) in [5.74, 6) is 0.470. The van der Waals surface area contributed by atoms with E-state index in [1.54, 1.807) is 0 Å². The van der Waals surface area contributed by atoms with Crippen LogP contribution in [0.5, 0.6) is 0 Å². The summed E-state index contributed by atoms with van der Waals surface area (Å²) in [6.07, 6.45) is 0. The summed E-state index contributed by atoms with van der Waals surface area (Å²) in [5, 5.41) is 10.5. The Labute approximate surface area is 57.5 Å². The van der Waals surface area contributed by atoms with Gasteiger partial charge in [-0.05, 0) is 20.0 Å². The molecule has 0 fully saturated rings. The highest BCUT2D eigenvalue weighted by Crippen LogP contribution is 2.05. The molecular weight excluding hydrogens is 114 g/mol. The van der Waals surface area contributed by atoms with Crippen LogP contribution in [0, 0.1) is 5.92 Å². The molecule has 0 saturated heterocycles. The van der Waals surface area contributed by atoms with Crippen LogP contribution < -0.4 is 0 Å². The topological polar surface area (TPSA) is 23.1 Å². The first-order valence-corrected chi connectivity index (χ1v) is 3.34. The van der Waals surface area contributed by atoms with E-state index in [1.807, 2.05) is 19.0 Å². The van der Waals surface area contributed by atoms with Crippen LogP contribution in [-0.2, 0) is 5.11 Å². The molecule has 0 aliphatic heterocycles. The fraction of sp³-hybridized carbons (Fsp3) is 1.00. The predicted octanol–water partition coefficient (Wildman–Crippen LogP) is 1.00. The standard InChI is InChI=1S/C7H16NO/c1-6(2)7(5-9)8(3)4/h6-7H,5H2,1-4H3. The molecule has 0 bridgehead atoms. The van der Waals surface area contributed by atoms with E-state index in [-0.39, 0.29) is 12.6 Å². The lowest BCUT2D eigenvalue weighted by atomic mass is 10.1. The van der Waals surface area contributed by atoms with Crippen LogP contribution >= 0.6 is 0 Å². The van der Waals surface area contributed by atoms with Crippen molar-refractivity contribution in [2.45, 2.75) is 19.9 Å². The third kappa shape index (κ3) is 2.82. The minimum Gasteiger partial charge on any atom is -0.304 e. The summed E-state index contributed by atoms with van der Waals surface area (Å²) in [6.45, 7) is 4.15. The summed E-state index contributed by atoms with van der Waals surface area (Å²) >= 11 is 0. The third-order valence-corrected chi connectivity index (χ3v) is 1.60. The van der Waals surface area contributed by atoms with E-state index in [9.17, 15) is 5.11 Å². The maximum atomic E-state index is 10.5. The second-order valence-electron chi connectivity index (χ2n) is 2.94. The van der Waals surface area contributed by atoms with E-state index in [1.165, 1.54) is 0 Å². The lowest BCUT2D eigenvalue weighted by Gasteiger charge is -2.24. The summed E-state index contributed by atoms with van der Waals surface area (Å²) in [5.41, 5.74) is 0. The molecule has 0 heterocycles. The molecule has 0 aliphatic carbocycles. The molecule has 0 spiro atoms. The molecule has 0 aromatic carbocycles. The van der Waals surface area contributed by atoms with Crippen molar-refractivity contribution in [1.82, 2.24) is 4.90 Å². The Kier molecular flexibility index (Phi) is 3.82. The highest BCUT2D eigenvalue weighted by atomic mass is 16.3. The van der Waals surface area contributed by atoms with Gasteiger partial charge in [0, 0.05) is 6.04 Å². The summed E-state index contributed by atoms with van der Waals surface area (Å²) in [4.78, 5) is 1.98. The van der Waals surface area contributed by atoms with Gasteiger partial charge in [0.15, 0.2) is 0 Å². The third-order valence-electron chi connectivity index (χ3n) is 1.60. The molecule has 0 aliphatic rings. The van der Waals surface area contributed by atoms with Gasteiger partial charge in [-0.25, -0.2) is 5.11 Å². The zero-order chi connectivity index (χ0) is 7.44. The SMILES string of the molecule is CC(C)C(C[O])N(C)C. The van der Waals surface area contributed by atoms with E-state index < -0.39 is 0 Å². The minimum atomic E-state index is 0.00463. The van der Waals surface area contributed by atoms with Crippen molar-refractivity contribution in [2.75, 3.05) is 20.7 Å². The van der Waals surface area contributed by atoms with Crippen molar-refractivity contribution in [3.8, 4) is 0 Å². The first-order chi connectivity index (χ1) is 4.09. The van der Waals surface area contributed by atoms with Gasteiger partial charge < -0.3 is 4.90 Å². The van der Waals surface area contributed by atoms with Gasteiger partial charge >= 0.3 is 0 Å². The monoisotopic (exact) mass is 130 g/mol. The van der Waals surface area contributed by atoms with E-state index in [0.29, 0.717) is 5.92 Å². The van der Waals surface area contributed by atoms with Crippen LogP contribution in [0.15, 0.2) is 0 Å². The Hall–Kier alpha value is -0.0800. The maximum absolute atomic E-state index is 10.5. The predicted molar refractivity (Wildman–Crippen MR) is 37.9 cm³/mol. The van der Waals surface area contributed by atoms with Crippen LogP contribution in [0.1, 0.15) is 13.8 Å². The quantitative estimate of drug-likeness (QED) is 0.559. The molecule has 0 rings (SSSR count). The number of likely N-dealkylation sites (N-methyl/N-ethyl adjacent to an activating group) is 1. The molecule has 0 amide bonds. The van der Waals surface area contributed by atoms with Crippen molar-refractivity contribution in [2.24, 2.45) is 5.92 Å². The second-order valence-corrected chi connectivity index (χ2v) is 2.94. The average molecular weight is 130 g/mol. The number of hydrogen-bond acceptors (Lipinski definition) is 1. The van der Waals surface area contributed by atoms with Crippen LogP contribution in [0.2, 0.25) is 0 Å². The maximum Gasteiger partial charge on any atom is 0.0979 e. The van der Waals surface area contributed by atoms with Gasteiger partial charge in [0.1, 0.15) is 0 Å². The van der Waals surface area contributed by atoms with Crippen molar-refractivity contribution in [3.05, 3.63) is 0 Å². The molecule has 1 unspecified atom stereocenters. The van der Waals surface area contributed by atoms with Crippen molar-refractivity contribution in [3.63, 3.8) is 0 Å². The van der Waals surface area contributed by atoms with Crippen LogP contribution in [0.25, 0.3) is 0 Å². The van der Waals surface area contributed by atoms with Gasteiger partial charge in [0.25, 0.3) is 0 Å². The molecule has 2 nitrogen and oxygen atoms in total. The van der Waals surface area contributed by atoms with Gasteiger partial charge in [0.2, 0.25) is 0 Å². The number of hydrogen-bond donors (Lipinski definition) is 0. The molecule has 55 valence electrons. The highest BCUT2D eigenvalue weighted by Gasteiger charge is 2.13. The largest absolute Gasteiger partial charge is 0.304 e. The highest BCUT2D eigenvalue weighted by molar-refractivity contribution is 4.67. The van der Waals surface area contributed by atoms with E-state index in [0.717, 1.165) is 0 Å². The van der Waals surface area contributed by atoms with Gasteiger partial charge in [-0.3, -0.25) is 0 Å². The average Bonchev–Trinajstić information content (AvgIpc) is 1.64. The molecule has 0 aromatic heterocycles. The van der Waals surface area contributed by atoms with E-state index in [4.69, 9.17) is 0 Å². The molecule has 9 heavy (non-hydrogen) atoms. The second kappa shape index (κ2) is 3.85. The molecule has 0 saturated carbocycles. The van der Waals surface area contributed by atoms with Crippen LogP contribution in [0.4, 0.5) is 0 Å². The minimum absolute atomic E-state index is 0.00463.